The third-order valence-corrected chi connectivity index (χ3v) is 5.17. The van der Waals surface area contributed by atoms with Crippen LogP contribution < -0.4 is 21.3 Å². The first kappa shape index (κ1) is 23.0. The van der Waals surface area contributed by atoms with E-state index in [0.29, 0.717) is 6.54 Å². The van der Waals surface area contributed by atoms with Gasteiger partial charge in [-0.3, -0.25) is 4.99 Å². The number of benzene rings is 1. The summed E-state index contributed by atoms with van der Waals surface area (Å²) in [5.74, 6) is 0.815. The van der Waals surface area contributed by atoms with Gasteiger partial charge in [0.1, 0.15) is 0 Å². The van der Waals surface area contributed by atoms with Crippen LogP contribution in [0.1, 0.15) is 52.0 Å². The zero-order chi connectivity index (χ0) is 21.1. The van der Waals surface area contributed by atoms with Crippen LogP contribution in [0.5, 0.6) is 0 Å². The Morgan fingerprint density at radius 1 is 1.21 bits per heavy atom. The number of carbonyl (C=O) groups is 1. The fourth-order valence-corrected chi connectivity index (χ4v) is 3.52. The van der Waals surface area contributed by atoms with E-state index in [-0.39, 0.29) is 12.1 Å². The maximum absolute atomic E-state index is 11.7. The molecule has 0 bridgehead atoms. The molecule has 0 spiro atoms. The van der Waals surface area contributed by atoms with Gasteiger partial charge in [0.15, 0.2) is 5.96 Å². The van der Waals surface area contributed by atoms with Crippen molar-refractivity contribution in [1.29, 1.82) is 0 Å². The van der Waals surface area contributed by atoms with E-state index in [1.807, 2.05) is 38.1 Å². The summed E-state index contributed by atoms with van der Waals surface area (Å²) >= 11 is 0. The first-order chi connectivity index (χ1) is 14.0. The summed E-state index contributed by atoms with van der Waals surface area (Å²) in [6.45, 7) is 10.2. The minimum Gasteiger partial charge on any atom is -0.356 e. The highest BCUT2D eigenvalue weighted by Crippen LogP contribution is 2.16. The lowest BCUT2D eigenvalue weighted by Gasteiger charge is -2.33. The van der Waals surface area contributed by atoms with Crippen LogP contribution in [0.25, 0.3) is 0 Å². The molecule has 1 aromatic rings. The van der Waals surface area contributed by atoms with Gasteiger partial charge in [-0.25, -0.2) is 4.79 Å². The van der Waals surface area contributed by atoms with E-state index >= 15 is 0 Å². The van der Waals surface area contributed by atoms with E-state index in [1.54, 1.807) is 7.05 Å². The van der Waals surface area contributed by atoms with Gasteiger partial charge in [0, 0.05) is 44.5 Å². The Balaban J connectivity index is 1.67. The van der Waals surface area contributed by atoms with Crippen LogP contribution >= 0.6 is 0 Å². The molecule has 0 aromatic heterocycles. The van der Waals surface area contributed by atoms with E-state index in [0.717, 1.165) is 42.8 Å². The number of likely N-dealkylation sites (tertiary alicyclic amines) is 1. The number of hydrogen-bond donors (Lipinski definition) is 4. The average Bonchev–Trinajstić information content (AvgIpc) is 2.69. The highest BCUT2D eigenvalue weighted by Gasteiger charge is 2.17. The molecule has 1 fully saturated rings. The van der Waals surface area contributed by atoms with E-state index in [9.17, 15) is 4.79 Å². The maximum Gasteiger partial charge on any atom is 0.319 e. The zero-order valence-corrected chi connectivity index (χ0v) is 18.4. The largest absolute Gasteiger partial charge is 0.356 e. The van der Waals surface area contributed by atoms with Crippen LogP contribution in [0.15, 0.2) is 29.3 Å². The van der Waals surface area contributed by atoms with Gasteiger partial charge in [-0.15, -0.1) is 0 Å². The zero-order valence-electron chi connectivity index (χ0n) is 18.4. The van der Waals surface area contributed by atoms with Gasteiger partial charge in [0.25, 0.3) is 0 Å². The smallest absolute Gasteiger partial charge is 0.319 e. The second kappa shape index (κ2) is 12.3. The van der Waals surface area contributed by atoms with Crippen molar-refractivity contribution in [2.24, 2.45) is 4.99 Å². The molecule has 4 N–H and O–H groups in total. The number of nitrogens with one attached hydrogen (secondary N) is 4. The van der Waals surface area contributed by atoms with E-state index in [1.165, 1.54) is 25.8 Å². The molecule has 1 unspecified atom stereocenters. The monoisotopic (exact) mass is 402 g/mol. The van der Waals surface area contributed by atoms with Gasteiger partial charge < -0.3 is 26.2 Å². The summed E-state index contributed by atoms with van der Waals surface area (Å²) in [6.07, 6.45) is 5.14. The number of urea groups is 1. The number of guanidine groups is 1. The SMILES string of the molecule is CN=C(NCCCN1CCCCC1C)NCc1ccc(NC(=O)NC(C)C)cc1. The minimum atomic E-state index is -0.186. The Hall–Kier alpha value is -2.28. The van der Waals surface area contributed by atoms with Crippen molar-refractivity contribution in [3.63, 3.8) is 0 Å². The molecule has 0 radical (unpaired) electrons. The van der Waals surface area contributed by atoms with Gasteiger partial charge in [0.2, 0.25) is 0 Å². The molecule has 1 atom stereocenters. The standard InChI is InChI=1S/C22H38N6O/c1-17(2)26-22(29)27-20-11-9-19(10-12-20)16-25-21(23-4)24-13-7-15-28-14-6-5-8-18(28)3/h9-12,17-18H,5-8,13-16H2,1-4H3,(H2,23,24,25)(H2,26,27,29). The fraction of sp³-hybridized carbons (Fsp3) is 0.636. The van der Waals surface area contributed by atoms with Gasteiger partial charge >= 0.3 is 6.03 Å². The molecule has 2 rings (SSSR count). The quantitative estimate of drug-likeness (QED) is 0.306. The van der Waals surface area contributed by atoms with Crippen LogP contribution in [0, 0.1) is 0 Å². The Kier molecular flexibility index (Phi) is 9.77. The third-order valence-electron chi connectivity index (χ3n) is 5.17. The Morgan fingerprint density at radius 2 is 1.97 bits per heavy atom. The predicted molar refractivity (Wildman–Crippen MR) is 121 cm³/mol. The summed E-state index contributed by atoms with van der Waals surface area (Å²) in [5, 5.41) is 12.4. The number of carbonyl (C=O) groups excluding carboxylic acids is 1. The molecular formula is C22H38N6O. The molecular weight excluding hydrogens is 364 g/mol. The number of anilines is 1. The lowest BCUT2D eigenvalue weighted by molar-refractivity contribution is 0.159. The Morgan fingerprint density at radius 3 is 2.62 bits per heavy atom. The predicted octanol–water partition coefficient (Wildman–Crippen LogP) is 3.15. The second-order valence-corrected chi connectivity index (χ2v) is 8.04. The normalized spacial score (nSPS) is 17.8. The van der Waals surface area contributed by atoms with Crippen LogP contribution in [0.2, 0.25) is 0 Å². The number of aliphatic imine (C=N–C) groups is 1. The molecule has 1 aliphatic heterocycles. The molecule has 7 heteroatoms. The number of hydrogen-bond acceptors (Lipinski definition) is 3. The summed E-state index contributed by atoms with van der Waals surface area (Å²) in [7, 11) is 1.79. The molecule has 1 aliphatic rings. The lowest BCUT2D eigenvalue weighted by atomic mass is 10.0. The van der Waals surface area contributed by atoms with Crippen LogP contribution in [-0.2, 0) is 6.54 Å². The molecule has 2 amide bonds. The summed E-state index contributed by atoms with van der Waals surface area (Å²) in [5.41, 5.74) is 1.91. The van der Waals surface area contributed by atoms with Gasteiger partial charge in [0.05, 0.1) is 0 Å². The van der Waals surface area contributed by atoms with Gasteiger partial charge in [-0.05, 0) is 64.3 Å². The molecule has 7 nitrogen and oxygen atoms in total. The number of piperidine rings is 1. The highest BCUT2D eigenvalue weighted by atomic mass is 16.2. The molecule has 1 saturated heterocycles. The van der Waals surface area contributed by atoms with Crippen molar-refractivity contribution in [2.75, 3.05) is 32.0 Å². The van der Waals surface area contributed by atoms with Crippen molar-refractivity contribution < 1.29 is 4.79 Å². The number of amides is 2. The maximum atomic E-state index is 11.7. The summed E-state index contributed by atoms with van der Waals surface area (Å²) < 4.78 is 0. The molecule has 1 heterocycles. The minimum absolute atomic E-state index is 0.112. The van der Waals surface area contributed by atoms with Crippen molar-refractivity contribution >= 4 is 17.7 Å². The van der Waals surface area contributed by atoms with Gasteiger partial charge in [-0.2, -0.15) is 0 Å². The van der Waals surface area contributed by atoms with Crippen molar-refractivity contribution in [3.8, 4) is 0 Å². The molecule has 0 saturated carbocycles. The average molecular weight is 403 g/mol. The van der Waals surface area contributed by atoms with Crippen molar-refractivity contribution in [3.05, 3.63) is 29.8 Å². The molecule has 162 valence electrons. The topological polar surface area (TPSA) is 80.8 Å². The van der Waals surface area contributed by atoms with E-state index in [2.05, 4.69) is 38.1 Å². The second-order valence-electron chi connectivity index (χ2n) is 8.04. The van der Waals surface area contributed by atoms with Crippen LogP contribution in [-0.4, -0.2) is 55.7 Å². The summed E-state index contributed by atoms with van der Waals surface area (Å²) in [4.78, 5) is 18.6. The Labute approximate surface area is 175 Å². The molecule has 1 aromatic carbocycles. The van der Waals surface area contributed by atoms with Crippen molar-refractivity contribution in [1.82, 2.24) is 20.9 Å². The Bertz CT molecular complexity index is 643. The number of rotatable bonds is 8. The molecule has 0 aliphatic carbocycles. The highest BCUT2D eigenvalue weighted by molar-refractivity contribution is 5.89. The first-order valence-electron chi connectivity index (χ1n) is 10.8. The first-order valence-corrected chi connectivity index (χ1v) is 10.8. The third kappa shape index (κ3) is 8.73. The van der Waals surface area contributed by atoms with Crippen LogP contribution in [0.3, 0.4) is 0 Å². The summed E-state index contributed by atoms with van der Waals surface area (Å²) in [6, 6.07) is 8.47. The number of nitrogens with zero attached hydrogens (tertiary/aromatic N) is 2. The van der Waals surface area contributed by atoms with E-state index < -0.39 is 0 Å². The van der Waals surface area contributed by atoms with Crippen LogP contribution in [0.4, 0.5) is 10.5 Å². The lowest BCUT2D eigenvalue weighted by Crippen LogP contribution is -2.41. The van der Waals surface area contributed by atoms with E-state index in [4.69, 9.17) is 0 Å². The van der Waals surface area contributed by atoms with Crippen molar-refractivity contribution in [2.45, 2.75) is 65.1 Å². The molecule has 29 heavy (non-hydrogen) atoms. The fourth-order valence-electron chi connectivity index (χ4n) is 3.52. The van der Waals surface area contributed by atoms with Gasteiger partial charge in [-0.1, -0.05) is 18.6 Å².